The van der Waals surface area contributed by atoms with Crippen LogP contribution in [-0.2, 0) is 4.79 Å². The highest BCUT2D eigenvalue weighted by molar-refractivity contribution is 6.32. The van der Waals surface area contributed by atoms with Gasteiger partial charge in [-0.3, -0.25) is 19.7 Å². The highest BCUT2D eigenvalue weighted by atomic mass is 35.5. The zero-order valence-corrected chi connectivity index (χ0v) is 16.3. The Hall–Kier alpha value is -3.19. The number of halogens is 1. The maximum Gasteiger partial charge on any atom is 0.288 e. The number of nitrogens with zero attached hydrogens (tertiary/aromatic N) is 2. The van der Waals surface area contributed by atoms with E-state index in [4.69, 9.17) is 11.6 Å². The van der Waals surface area contributed by atoms with Gasteiger partial charge in [0.05, 0.1) is 4.92 Å². The van der Waals surface area contributed by atoms with E-state index in [1.54, 1.807) is 23.1 Å². The lowest BCUT2D eigenvalue weighted by Crippen LogP contribution is -2.46. The number of rotatable bonds is 5. The Morgan fingerprint density at radius 3 is 2.48 bits per heavy atom. The minimum atomic E-state index is -0.560. The summed E-state index contributed by atoms with van der Waals surface area (Å²) in [6.07, 6.45) is 4.28. The second-order valence-electron chi connectivity index (χ2n) is 6.74. The first kappa shape index (κ1) is 20.5. The van der Waals surface area contributed by atoms with Gasteiger partial charge in [0, 0.05) is 36.8 Å². The fourth-order valence-electron chi connectivity index (χ4n) is 3.15. The molecule has 0 bridgehead atoms. The predicted molar refractivity (Wildman–Crippen MR) is 111 cm³/mol. The van der Waals surface area contributed by atoms with E-state index in [1.165, 1.54) is 24.3 Å². The predicted octanol–water partition coefficient (Wildman–Crippen LogP) is 3.68. The molecule has 1 N–H and O–H groups in total. The standard InChI is InChI=1S/C21H20ClN3O4/c22-18-8-6-15(14-19(18)25(28)29)7-9-20(26)24-12-10-17(11-13-24)23-21(27)16-4-2-1-3-5-16/h1-9,14,17H,10-13H2,(H,23,27). The van der Waals surface area contributed by atoms with Crippen molar-refractivity contribution in [2.75, 3.05) is 13.1 Å². The number of likely N-dealkylation sites (tertiary alicyclic amines) is 1. The third-order valence-electron chi connectivity index (χ3n) is 4.76. The van der Waals surface area contributed by atoms with E-state index in [9.17, 15) is 19.7 Å². The molecule has 150 valence electrons. The van der Waals surface area contributed by atoms with Crippen molar-refractivity contribution in [1.29, 1.82) is 0 Å². The Bertz CT molecular complexity index is 938. The fraction of sp³-hybridized carbons (Fsp3) is 0.238. The van der Waals surface area contributed by atoms with Gasteiger partial charge in [0.2, 0.25) is 5.91 Å². The molecule has 0 radical (unpaired) electrons. The monoisotopic (exact) mass is 413 g/mol. The molecule has 2 aromatic rings. The molecule has 1 heterocycles. The van der Waals surface area contributed by atoms with E-state index in [1.807, 2.05) is 18.2 Å². The first-order valence-corrected chi connectivity index (χ1v) is 9.58. The van der Waals surface area contributed by atoms with Crippen molar-refractivity contribution in [1.82, 2.24) is 10.2 Å². The maximum atomic E-state index is 12.4. The Morgan fingerprint density at radius 2 is 1.83 bits per heavy atom. The normalized spacial score (nSPS) is 14.7. The van der Waals surface area contributed by atoms with Crippen LogP contribution >= 0.6 is 11.6 Å². The molecule has 2 amide bonds. The van der Waals surface area contributed by atoms with E-state index in [2.05, 4.69) is 5.32 Å². The minimum absolute atomic E-state index is 0.0228. The van der Waals surface area contributed by atoms with Crippen LogP contribution in [0.1, 0.15) is 28.8 Å². The summed E-state index contributed by atoms with van der Waals surface area (Å²) in [7, 11) is 0. The third kappa shape index (κ3) is 5.42. The summed E-state index contributed by atoms with van der Waals surface area (Å²) in [5, 5.41) is 14.0. The average Bonchev–Trinajstić information content (AvgIpc) is 2.74. The van der Waals surface area contributed by atoms with E-state index in [0.29, 0.717) is 37.1 Å². The smallest absolute Gasteiger partial charge is 0.288 e. The van der Waals surface area contributed by atoms with E-state index in [-0.39, 0.29) is 28.6 Å². The van der Waals surface area contributed by atoms with Gasteiger partial charge in [-0.2, -0.15) is 0 Å². The van der Waals surface area contributed by atoms with Gasteiger partial charge >= 0.3 is 0 Å². The van der Waals surface area contributed by atoms with Gasteiger partial charge in [-0.15, -0.1) is 0 Å². The molecular weight excluding hydrogens is 394 g/mol. The summed E-state index contributed by atoms with van der Waals surface area (Å²) < 4.78 is 0. The number of amides is 2. The number of hydrogen-bond acceptors (Lipinski definition) is 4. The molecule has 0 aliphatic carbocycles. The van der Waals surface area contributed by atoms with Crippen LogP contribution < -0.4 is 5.32 Å². The van der Waals surface area contributed by atoms with Crippen molar-refractivity contribution in [3.05, 3.63) is 80.9 Å². The van der Waals surface area contributed by atoms with Crippen molar-refractivity contribution in [2.24, 2.45) is 0 Å². The van der Waals surface area contributed by atoms with Gasteiger partial charge < -0.3 is 10.2 Å². The Morgan fingerprint density at radius 1 is 1.14 bits per heavy atom. The van der Waals surface area contributed by atoms with E-state index >= 15 is 0 Å². The summed E-state index contributed by atoms with van der Waals surface area (Å²) in [5.41, 5.74) is 0.946. The topological polar surface area (TPSA) is 92.6 Å². The summed E-state index contributed by atoms with van der Waals surface area (Å²) in [6, 6.07) is 13.4. The molecule has 0 unspecified atom stereocenters. The molecule has 0 aromatic heterocycles. The Balaban J connectivity index is 1.52. The molecular formula is C21H20ClN3O4. The molecule has 0 spiro atoms. The number of nitro groups is 1. The fourth-order valence-corrected chi connectivity index (χ4v) is 3.34. The number of nitro benzene ring substituents is 1. The highest BCUT2D eigenvalue weighted by Gasteiger charge is 2.23. The van der Waals surface area contributed by atoms with Gasteiger partial charge in [-0.1, -0.05) is 35.9 Å². The highest BCUT2D eigenvalue weighted by Crippen LogP contribution is 2.25. The van der Waals surface area contributed by atoms with Gasteiger partial charge in [-0.25, -0.2) is 0 Å². The number of hydrogen-bond donors (Lipinski definition) is 1. The molecule has 1 aliphatic heterocycles. The lowest BCUT2D eigenvalue weighted by molar-refractivity contribution is -0.384. The third-order valence-corrected chi connectivity index (χ3v) is 5.08. The van der Waals surface area contributed by atoms with Crippen LogP contribution in [0.15, 0.2) is 54.6 Å². The molecule has 8 heteroatoms. The van der Waals surface area contributed by atoms with Crippen LogP contribution in [0.25, 0.3) is 6.08 Å². The first-order chi connectivity index (χ1) is 13.9. The number of nitrogens with one attached hydrogen (secondary N) is 1. The van der Waals surface area contributed by atoms with Crippen LogP contribution in [0.5, 0.6) is 0 Å². The van der Waals surface area contributed by atoms with E-state index in [0.717, 1.165) is 0 Å². The first-order valence-electron chi connectivity index (χ1n) is 9.21. The van der Waals surface area contributed by atoms with Crippen molar-refractivity contribution in [3.63, 3.8) is 0 Å². The van der Waals surface area contributed by atoms with Crippen molar-refractivity contribution in [2.45, 2.75) is 18.9 Å². The lowest BCUT2D eigenvalue weighted by atomic mass is 10.0. The Labute approximate surface area is 173 Å². The molecule has 1 fully saturated rings. The number of benzene rings is 2. The van der Waals surface area contributed by atoms with Crippen molar-refractivity contribution in [3.8, 4) is 0 Å². The molecule has 2 aromatic carbocycles. The van der Waals surface area contributed by atoms with Crippen LogP contribution in [0.4, 0.5) is 5.69 Å². The van der Waals surface area contributed by atoms with Gasteiger partial charge in [0.15, 0.2) is 0 Å². The van der Waals surface area contributed by atoms with Gasteiger partial charge in [0.25, 0.3) is 11.6 Å². The summed E-state index contributed by atoms with van der Waals surface area (Å²) >= 11 is 5.79. The van der Waals surface area contributed by atoms with Crippen molar-refractivity contribution >= 4 is 35.2 Å². The molecule has 7 nitrogen and oxygen atoms in total. The lowest BCUT2D eigenvalue weighted by Gasteiger charge is -2.31. The molecule has 29 heavy (non-hydrogen) atoms. The molecule has 1 saturated heterocycles. The molecule has 3 rings (SSSR count). The molecule has 0 saturated carbocycles. The maximum absolute atomic E-state index is 12.4. The Kier molecular flexibility index (Phi) is 6.61. The summed E-state index contributed by atoms with van der Waals surface area (Å²) in [4.78, 5) is 36.7. The van der Waals surface area contributed by atoms with Crippen LogP contribution in [0.3, 0.4) is 0 Å². The van der Waals surface area contributed by atoms with Gasteiger partial charge in [-0.05, 0) is 42.7 Å². The molecule has 1 aliphatic rings. The van der Waals surface area contributed by atoms with Crippen LogP contribution in [0.2, 0.25) is 5.02 Å². The number of carbonyl (C=O) groups is 2. The van der Waals surface area contributed by atoms with Crippen LogP contribution in [-0.4, -0.2) is 40.8 Å². The van der Waals surface area contributed by atoms with Gasteiger partial charge in [0.1, 0.15) is 5.02 Å². The number of carbonyl (C=O) groups excluding carboxylic acids is 2. The zero-order chi connectivity index (χ0) is 20.8. The second kappa shape index (κ2) is 9.34. The average molecular weight is 414 g/mol. The summed E-state index contributed by atoms with van der Waals surface area (Å²) in [6.45, 7) is 1.06. The summed E-state index contributed by atoms with van der Waals surface area (Å²) in [5.74, 6) is -0.282. The second-order valence-corrected chi connectivity index (χ2v) is 7.15. The van der Waals surface area contributed by atoms with Crippen molar-refractivity contribution < 1.29 is 14.5 Å². The molecule has 0 atom stereocenters. The minimum Gasteiger partial charge on any atom is -0.349 e. The zero-order valence-electron chi connectivity index (χ0n) is 15.6. The number of piperidine rings is 1. The van der Waals surface area contributed by atoms with Crippen LogP contribution in [0, 0.1) is 10.1 Å². The van der Waals surface area contributed by atoms with E-state index < -0.39 is 4.92 Å². The largest absolute Gasteiger partial charge is 0.349 e. The SMILES string of the molecule is O=C(NC1CCN(C(=O)C=Cc2ccc(Cl)c([N+](=O)[O-])c2)CC1)c1ccccc1. The quantitative estimate of drug-likeness (QED) is 0.459.